The van der Waals surface area contributed by atoms with E-state index in [2.05, 4.69) is 9.80 Å². The highest BCUT2D eigenvalue weighted by molar-refractivity contribution is 7.99. The molecule has 3 aromatic carbocycles. The smallest absolute Gasteiger partial charge is 0.416 e. The number of benzene rings is 3. The third-order valence-electron chi connectivity index (χ3n) is 9.10. The van der Waals surface area contributed by atoms with Gasteiger partial charge in [0.2, 0.25) is 0 Å². The minimum Gasteiger partial charge on any atom is -0.494 e. The molecule has 3 heterocycles. The van der Waals surface area contributed by atoms with Crippen molar-refractivity contribution in [2.45, 2.75) is 30.6 Å². The molecule has 1 saturated heterocycles. The van der Waals surface area contributed by atoms with Gasteiger partial charge in [0.05, 0.1) is 29.3 Å². The summed E-state index contributed by atoms with van der Waals surface area (Å²) in [4.78, 5) is 18.9. The highest BCUT2D eigenvalue weighted by Gasteiger charge is 2.37. The van der Waals surface area contributed by atoms with Crippen molar-refractivity contribution >= 4 is 11.8 Å². The molecule has 2 aliphatic rings. The summed E-state index contributed by atoms with van der Waals surface area (Å²) >= 11 is 1.37. The van der Waals surface area contributed by atoms with E-state index in [-0.39, 0.29) is 22.9 Å². The predicted octanol–water partition coefficient (Wildman–Crippen LogP) is 7.06. The largest absolute Gasteiger partial charge is 0.494 e. The van der Waals surface area contributed by atoms with Crippen LogP contribution in [-0.2, 0) is 12.6 Å². The number of thioether (sulfide) groups is 1. The minimum absolute atomic E-state index is 0.0139. The Kier molecular flexibility index (Phi) is 10.1. The quantitative estimate of drug-likeness (QED) is 0.167. The lowest BCUT2D eigenvalue weighted by molar-refractivity contribution is -0.138. The number of methoxy groups -OCH3 is 1. The first kappa shape index (κ1) is 34.0. The first-order chi connectivity index (χ1) is 23.1. The van der Waals surface area contributed by atoms with Crippen molar-refractivity contribution in [3.63, 3.8) is 0 Å². The van der Waals surface area contributed by atoms with E-state index in [9.17, 15) is 18.0 Å². The van der Waals surface area contributed by atoms with Gasteiger partial charge in [-0.25, -0.2) is 8.78 Å². The van der Waals surface area contributed by atoms with Crippen molar-refractivity contribution in [3.8, 4) is 22.6 Å². The summed E-state index contributed by atoms with van der Waals surface area (Å²) in [6.07, 6.45) is -5.20. The number of alkyl halides is 3. The van der Waals surface area contributed by atoms with E-state index in [1.54, 1.807) is 17.6 Å². The van der Waals surface area contributed by atoms with E-state index in [0.29, 0.717) is 35.1 Å². The van der Waals surface area contributed by atoms with Crippen LogP contribution >= 0.6 is 11.8 Å². The summed E-state index contributed by atoms with van der Waals surface area (Å²) in [5, 5.41) is 0.489. The maximum atomic E-state index is 15.7. The van der Waals surface area contributed by atoms with Crippen LogP contribution < -0.4 is 15.0 Å². The standard InChI is InChI=1S/C36H36F5N3O3S/c1-23-27(20-28-29(36(39,40)41)11-7-12-30(28)37)35-44(34(45)32(23)26-10-6-13-31(46-2)33(26)38)24(22-48-35)21-43-16-14-42(15-17-43)18-19-47-25-8-4-3-5-9-25/h3-13,24H,14-22H2,1-2H3. The lowest BCUT2D eigenvalue weighted by Gasteiger charge is -2.36. The molecule has 6 rings (SSSR count). The molecular weight excluding hydrogens is 649 g/mol. The van der Waals surface area contributed by atoms with Crippen molar-refractivity contribution in [2.75, 3.05) is 58.7 Å². The second-order valence-corrected chi connectivity index (χ2v) is 13.0. The average Bonchev–Trinajstić information content (AvgIpc) is 3.48. The van der Waals surface area contributed by atoms with Gasteiger partial charge in [0.25, 0.3) is 5.56 Å². The number of nitrogens with zero attached hydrogens (tertiary/aromatic N) is 3. The second-order valence-electron chi connectivity index (χ2n) is 12.0. The van der Waals surface area contributed by atoms with Crippen LogP contribution in [0.25, 0.3) is 11.1 Å². The molecule has 48 heavy (non-hydrogen) atoms. The third kappa shape index (κ3) is 6.97. The van der Waals surface area contributed by atoms with Gasteiger partial charge in [-0.3, -0.25) is 19.2 Å². The molecule has 1 unspecified atom stereocenters. The number of hydrogen-bond acceptors (Lipinski definition) is 6. The zero-order valence-electron chi connectivity index (χ0n) is 26.7. The summed E-state index contributed by atoms with van der Waals surface area (Å²) in [5.41, 5.74) is -1.32. The van der Waals surface area contributed by atoms with Crippen LogP contribution in [0.1, 0.15) is 28.3 Å². The molecule has 2 aliphatic heterocycles. The molecule has 12 heteroatoms. The number of fused-ring (bicyclic) bond motifs is 1. The van der Waals surface area contributed by atoms with Gasteiger partial charge in [-0.15, -0.1) is 11.8 Å². The highest BCUT2D eigenvalue weighted by atomic mass is 32.2. The lowest BCUT2D eigenvalue weighted by atomic mass is 9.92. The number of pyridine rings is 1. The Bertz CT molecular complexity index is 1820. The molecule has 1 aromatic heterocycles. The summed E-state index contributed by atoms with van der Waals surface area (Å²) < 4.78 is 85.6. The van der Waals surface area contributed by atoms with E-state index in [1.165, 1.54) is 31.0 Å². The topological polar surface area (TPSA) is 46.9 Å². The Labute approximate surface area is 280 Å². The Morgan fingerprint density at radius 3 is 2.31 bits per heavy atom. The summed E-state index contributed by atoms with van der Waals surface area (Å²) in [6.45, 7) is 6.61. The molecule has 0 spiro atoms. The Hall–Kier alpha value is -3.87. The van der Waals surface area contributed by atoms with Gasteiger partial charge in [-0.2, -0.15) is 13.2 Å². The number of ether oxygens (including phenoxy) is 2. The molecule has 0 bridgehead atoms. The monoisotopic (exact) mass is 685 g/mol. The van der Waals surface area contributed by atoms with Crippen molar-refractivity contribution in [3.05, 3.63) is 111 Å². The fourth-order valence-corrected chi connectivity index (χ4v) is 7.95. The Morgan fingerprint density at radius 2 is 1.60 bits per heavy atom. The van der Waals surface area contributed by atoms with Gasteiger partial charge in [0.1, 0.15) is 18.2 Å². The zero-order valence-corrected chi connectivity index (χ0v) is 27.5. The maximum absolute atomic E-state index is 15.7. The number of para-hydroxylation sites is 1. The van der Waals surface area contributed by atoms with Crippen LogP contribution in [0.4, 0.5) is 22.0 Å². The van der Waals surface area contributed by atoms with E-state index in [0.717, 1.165) is 56.7 Å². The summed E-state index contributed by atoms with van der Waals surface area (Å²) in [6, 6.07) is 16.7. The van der Waals surface area contributed by atoms with Crippen LogP contribution in [-0.4, -0.2) is 73.1 Å². The van der Waals surface area contributed by atoms with Crippen molar-refractivity contribution in [1.29, 1.82) is 0 Å². The fourth-order valence-electron chi connectivity index (χ4n) is 6.57. The third-order valence-corrected chi connectivity index (χ3v) is 10.4. The van der Waals surface area contributed by atoms with Gasteiger partial charge < -0.3 is 9.47 Å². The van der Waals surface area contributed by atoms with E-state index < -0.39 is 40.9 Å². The second kappa shape index (κ2) is 14.3. The predicted molar refractivity (Wildman–Crippen MR) is 176 cm³/mol. The molecule has 1 atom stereocenters. The molecule has 1 fully saturated rings. The van der Waals surface area contributed by atoms with Gasteiger partial charge in [0.15, 0.2) is 11.6 Å². The molecule has 254 valence electrons. The Morgan fingerprint density at radius 1 is 0.896 bits per heavy atom. The van der Waals surface area contributed by atoms with Crippen LogP contribution in [0.15, 0.2) is 76.6 Å². The number of hydrogen-bond donors (Lipinski definition) is 0. The van der Waals surface area contributed by atoms with Crippen molar-refractivity contribution in [1.82, 2.24) is 14.4 Å². The molecule has 0 amide bonds. The van der Waals surface area contributed by atoms with Crippen LogP contribution in [0.3, 0.4) is 0 Å². The zero-order chi connectivity index (χ0) is 34.0. The summed E-state index contributed by atoms with van der Waals surface area (Å²) in [7, 11) is 1.32. The van der Waals surface area contributed by atoms with E-state index >= 15 is 8.78 Å². The molecule has 4 aromatic rings. The van der Waals surface area contributed by atoms with Crippen LogP contribution in [0, 0.1) is 18.6 Å². The molecule has 0 saturated carbocycles. The molecule has 6 nitrogen and oxygen atoms in total. The molecular formula is C36H36F5N3O3S. The number of piperazine rings is 1. The SMILES string of the molecule is COc1cccc(-c2c(C)c(Cc3c(F)cccc3C(F)(F)F)c3n(c2=O)C(CN2CCN(CCOc4ccccc4)CC2)CS3)c1F. The summed E-state index contributed by atoms with van der Waals surface area (Å²) in [5.74, 6) is -0.477. The Balaban J connectivity index is 1.30. The molecule has 0 aliphatic carbocycles. The molecule has 0 N–H and O–H groups in total. The van der Waals surface area contributed by atoms with E-state index in [1.807, 2.05) is 30.3 Å². The molecule has 0 radical (unpaired) electrons. The lowest BCUT2D eigenvalue weighted by Crippen LogP contribution is -2.49. The van der Waals surface area contributed by atoms with Crippen molar-refractivity contribution in [2.24, 2.45) is 0 Å². The van der Waals surface area contributed by atoms with Gasteiger partial charge in [-0.1, -0.05) is 36.4 Å². The number of aromatic nitrogens is 1. The van der Waals surface area contributed by atoms with Gasteiger partial charge in [0, 0.05) is 62.6 Å². The maximum Gasteiger partial charge on any atom is 0.416 e. The fraction of sp³-hybridized carbons (Fsp3) is 0.361. The number of halogens is 5. The first-order valence-corrected chi connectivity index (χ1v) is 16.8. The van der Waals surface area contributed by atoms with E-state index in [4.69, 9.17) is 9.47 Å². The van der Waals surface area contributed by atoms with Crippen molar-refractivity contribution < 1.29 is 31.4 Å². The highest BCUT2D eigenvalue weighted by Crippen LogP contribution is 2.42. The first-order valence-electron chi connectivity index (χ1n) is 15.8. The van der Waals surface area contributed by atoms with Gasteiger partial charge >= 0.3 is 6.18 Å². The van der Waals surface area contributed by atoms with Gasteiger partial charge in [-0.05, 0) is 48.4 Å². The van der Waals surface area contributed by atoms with Crippen LogP contribution in [0.5, 0.6) is 11.5 Å². The minimum atomic E-state index is -4.78. The number of rotatable bonds is 10. The normalized spacial score (nSPS) is 17.0. The average molecular weight is 686 g/mol. The van der Waals surface area contributed by atoms with Crippen LogP contribution in [0.2, 0.25) is 0 Å².